The summed E-state index contributed by atoms with van der Waals surface area (Å²) in [4.78, 5) is 15.9. The fourth-order valence-corrected chi connectivity index (χ4v) is 2.61. The number of ether oxygens (including phenoxy) is 1. The van der Waals surface area contributed by atoms with E-state index in [1.54, 1.807) is 0 Å². The van der Waals surface area contributed by atoms with Crippen LogP contribution >= 0.6 is 0 Å². The van der Waals surface area contributed by atoms with Crippen LogP contribution in [0.2, 0.25) is 0 Å². The molecule has 0 aliphatic carbocycles. The van der Waals surface area contributed by atoms with Crippen LogP contribution in [-0.4, -0.2) is 67.8 Å². The second kappa shape index (κ2) is 5.69. The molecular formula is C12H23N3O2. The predicted molar refractivity (Wildman–Crippen MR) is 66.0 cm³/mol. The van der Waals surface area contributed by atoms with Crippen molar-refractivity contribution in [1.29, 1.82) is 0 Å². The van der Waals surface area contributed by atoms with Gasteiger partial charge in [-0.1, -0.05) is 13.3 Å². The smallest absolute Gasteiger partial charge is 0.320 e. The van der Waals surface area contributed by atoms with Gasteiger partial charge in [0.1, 0.15) is 0 Å². The van der Waals surface area contributed by atoms with Crippen molar-refractivity contribution in [3.63, 3.8) is 0 Å². The molecule has 2 unspecified atom stereocenters. The monoisotopic (exact) mass is 241 g/mol. The van der Waals surface area contributed by atoms with Gasteiger partial charge in [-0.15, -0.1) is 0 Å². The molecular weight excluding hydrogens is 218 g/mol. The first-order valence-corrected chi connectivity index (χ1v) is 6.55. The van der Waals surface area contributed by atoms with E-state index in [1.165, 1.54) is 0 Å². The van der Waals surface area contributed by atoms with Gasteiger partial charge in [-0.2, -0.15) is 0 Å². The van der Waals surface area contributed by atoms with E-state index in [-0.39, 0.29) is 6.03 Å². The summed E-state index contributed by atoms with van der Waals surface area (Å²) in [5.41, 5.74) is 0. The van der Waals surface area contributed by atoms with Gasteiger partial charge in [-0.3, -0.25) is 0 Å². The molecule has 2 heterocycles. The van der Waals surface area contributed by atoms with Crippen molar-refractivity contribution in [2.24, 2.45) is 0 Å². The average molecular weight is 241 g/mol. The Hall–Kier alpha value is -0.810. The van der Waals surface area contributed by atoms with E-state index in [1.807, 2.05) is 16.8 Å². The lowest BCUT2D eigenvalue weighted by atomic mass is 10.1. The van der Waals surface area contributed by atoms with Crippen molar-refractivity contribution >= 4 is 6.03 Å². The molecule has 0 radical (unpaired) electrons. The van der Waals surface area contributed by atoms with E-state index in [9.17, 15) is 4.79 Å². The Morgan fingerprint density at radius 1 is 1.53 bits per heavy atom. The lowest BCUT2D eigenvalue weighted by Gasteiger charge is -2.27. The van der Waals surface area contributed by atoms with Crippen LogP contribution in [0.3, 0.4) is 0 Å². The van der Waals surface area contributed by atoms with Gasteiger partial charge in [-0.25, -0.2) is 4.79 Å². The first-order valence-electron chi connectivity index (χ1n) is 6.55. The van der Waals surface area contributed by atoms with Crippen LogP contribution in [0.25, 0.3) is 0 Å². The standard InChI is InChI=1S/C12H23N3O2/c1-3-4-11-8-15(12(16)14(11)2)7-10-9-17-6-5-13-10/h10-11,13H,3-9H2,1-2H3. The van der Waals surface area contributed by atoms with Crippen LogP contribution in [0, 0.1) is 0 Å². The molecule has 98 valence electrons. The summed E-state index contributed by atoms with van der Waals surface area (Å²) in [6, 6.07) is 0.842. The van der Waals surface area contributed by atoms with Crippen molar-refractivity contribution in [3.8, 4) is 0 Å². The normalized spacial score (nSPS) is 30.1. The number of rotatable bonds is 4. The van der Waals surface area contributed by atoms with Crippen LogP contribution in [0.1, 0.15) is 19.8 Å². The fourth-order valence-electron chi connectivity index (χ4n) is 2.61. The molecule has 0 spiro atoms. The molecule has 0 aromatic rings. The van der Waals surface area contributed by atoms with Gasteiger partial charge in [0, 0.05) is 32.7 Å². The van der Waals surface area contributed by atoms with E-state index in [0.29, 0.717) is 18.7 Å². The number of morpholine rings is 1. The van der Waals surface area contributed by atoms with Crippen LogP contribution in [0.5, 0.6) is 0 Å². The summed E-state index contributed by atoms with van der Waals surface area (Å²) in [7, 11) is 1.91. The molecule has 2 amide bonds. The maximum absolute atomic E-state index is 12.0. The Morgan fingerprint density at radius 2 is 2.35 bits per heavy atom. The molecule has 2 atom stereocenters. The van der Waals surface area contributed by atoms with E-state index in [0.717, 1.165) is 39.1 Å². The van der Waals surface area contributed by atoms with Crippen molar-refractivity contribution in [2.75, 3.05) is 39.9 Å². The minimum absolute atomic E-state index is 0.163. The highest BCUT2D eigenvalue weighted by Gasteiger charge is 2.35. The maximum atomic E-state index is 12.0. The zero-order valence-corrected chi connectivity index (χ0v) is 10.8. The quantitative estimate of drug-likeness (QED) is 0.780. The summed E-state index contributed by atoms with van der Waals surface area (Å²) in [5, 5.41) is 3.39. The second-order valence-corrected chi connectivity index (χ2v) is 4.97. The van der Waals surface area contributed by atoms with Crippen LogP contribution in [0.15, 0.2) is 0 Å². The fraction of sp³-hybridized carbons (Fsp3) is 0.917. The Morgan fingerprint density at radius 3 is 3.00 bits per heavy atom. The number of carbonyl (C=O) groups excluding carboxylic acids is 1. The molecule has 5 heteroatoms. The van der Waals surface area contributed by atoms with E-state index in [4.69, 9.17) is 4.74 Å². The molecule has 0 bridgehead atoms. The van der Waals surface area contributed by atoms with Gasteiger partial charge >= 0.3 is 6.03 Å². The number of urea groups is 1. The van der Waals surface area contributed by atoms with Gasteiger partial charge in [-0.05, 0) is 6.42 Å². The Bertz CT molecular complexity index is 266. The summed E-state index contributed by atoms with van der Waals surface area (Å²) in [6.07, 6.45) is 2.22. The number of nitrogens with zero attached hydrogens (tertiary/aromatic N) is 2. The minimum Gasteiger partial charge on any atom is -0.378 e. The van der Waals surface area contributed by atoms with Crippen LogP contribution in [-0.2, 0) is 4.74 Å². The molecule has 2 saturated heterocycles. The van der Waals surface area contributed by atoms with Crippen LogP contribution < -0.4 is 5.32 Å². The zero-order chi connectivity index (χ0) is 12.3. The van der Waals surface area contributed by atoms with E-state index < -0.39 is 0 Å². The van der Waals surface area contributed by atoms with Gasteiger partial charge in [0.2, 0.25) is 0 Å². The first-order chi connectivity index (χ1) is 8.22. The lowest BCUT2D eigenvalue weighted by molar-refractivity contribution is 0.0677. The van der Waals surface area contributed by atoms with Crippen LogP contribution in [0.4, 0.5) is 4.79 Å². The number of likely N-dealkylation sites (N-methyl/N-ethyl adjacent to an activating group) is 1. The van der Waals surface area contributed by atoms with E-state index in [2.05, 4.69) is 12.2 Å². The summed E-state index contributed by atoms with van der Waals surface area (Å²) in [6.45, 7) is 6.18. The maximum Gasteiger partial charge on any atom is 0.320 e. The van der Waals surface area contributed by atoms with Crippen molar-refractivity contribution in [2.45, 2.75) is 31.8 Å². The van der Waals surface area contributed by atoms with Crippen molar-refractivity contribution in [3.05, 3.63) is 0 Å². The van der Waals surface area contributed by atoms with Gasteiger partial charge in [0.25, 0.3) is 0 Å². The lowest BCUT2D eigenvalue weighted by Crippen LogP contribution is -2.49. The number of nitrogens with one attached hydrogen (secondary N) is 1. The molecule has 2 aliphatic rings. The third kappa shape index (κ3) is 2.90. The highest BCUT2D eigenvalue weighted by molar-refractivity contribution is 5.76. The highest BCUT2D eigenvalue weighted by Crippen LogP contribution is 2.18. The molecule has 0 aromatic carbocycles. The van der Waals surface area contributed by atoms with Crippen molar-refractivity contribution < 1.29 is 9.53 Å². The molecule has 2 aliphatic heterocycles. The average Bonchev–Trinajstić information content (AvgIpc) is 2.60. The minimum atomic E-state index is 0.163. The Kier molecular flexibility index (Phi) is 4.23. The molecule has 0 aromatic heterocycles. The number of hydrogen-bond acceptors (Lipinski definition) is 3. The SMILES string of the molecule is CCCC1CN(CC2COCCN2)C(=O)N1C. The van der Waals surface area contributed by atoms with Crippen molar-refractivity contribution in [1.82, 2.24) is 15.1 Å². The largest absolute Gasteiger partial charge is 0.378 e. The zero-order valence-electron chi connectivity index (χ0n) is 10.8. The topological polar surface area (TPSA) is 44.8 Å². The molecule has 1 N–H and O–H groups in total. The predicted octanol–water partition coefficient (Wildman–Crippen LogP) is 0.511. The van der Waals surface area contributed by atoms with Gasteiger partial charge in [0.15, 0.2) is 0 Å². The number of carbonyl (C=O) groups is 1. The molecule has 5 nitrogen and oxygen atoms in total. The number of amides is 2. The highest BCUT2D eigenvalue weighted by atomic mass is 16.5. The second-order valence-electron chi connectivity index (χ2n) is 4.97. The summed E-state index contributed by atoms with van der Waals surface area (Å²) < 4.78 is 5.41. The Balaban J connectivity index is 1.86. The molecule has 2 fully saturated rings. The third-order valence-corrected chi connectivity index (χ3v) is 3.61. The van der Waals surface area contributed by atoms with E-state index >= 15 is 0 Å². The number of hydrogen-bond donors (Lipinski definition) is 1. The summed E-state index contributed by atoms with van der Waals surface area (Å²) >= 11 is 0. The third-order valence-electron chi connectivity index (χ3n) is 3.61. The van der Waals surface area contributed by atoms with Gasteiger partial charge in [0.05, 0.1) is 19.3 Å². The van der Waals surface area contributed by atoms with Gasteiger partial charge < -0.3 is 19.9 Å². The molecule has 2 rings (SSSR count). The Labute approximate surface area is 103 Å². The first kappa shape index (κ1) is 12.6. The summed E-state index contributed by atoms with van der Waals surface area (Å²) in [5.74, 6) is 0. The molecule has 17 heavy (non-hydrogen) atoms. The molecule has 0 saturated carbocycles.